The van der Waals surface area contributed by atoms with Crippen molar-refractivity contribution in [2.24, 2.45) is 5.92 Å². The van der Waals surface area contributed by atoms with Gasteiger partial charge in [0.15, 0.2) is 0 Å². The predicted octanol–water partition coefficient (Wildman–Crippen LogP) is 7.06. The first kappa shape index (κ1) is 27.0. The SMILES string of the molecule is O=C(N[C@@H](CO)c1ccccc1)C1CCCCC1c1cccc(COc2cccc(C(F)(F)F)c2Cl)c1. The van der Waals surface area contributed by atoms with Crippen molar-refractivity contribution in [1.29, 1.82) is 0 Å². The predicted molar refractivity (Wildman–Crippen MR) is 136 cm³/mol. The van der Waals surface area contributed by atoms with E-state index in [1.54, 1.807) is 0 Å². The smallest absolute Gasteiger partial charge is 0.417 e. The molecule has 8 heteroatoms. The average molecular weight is 532 g/mol. The first-order chi connectivity index (χ1) is 17.8. The largest absolute Gasteiger partial charge is 0.487 e. The molecule has 2 unspecified atom stereocenters. The Morgan fingerprint density at radius 2 is 1.76 bits per heavy atom. The quantitative estimate of drug-likeness (QED) is 0.327. The highest BCUT2D eigenvalue weighted by atomic mass is 35.5. The number of aliphatic hydroxyl groups is 1. The van der Waals surface area contributed by atoms with E-state index in [0.717, 1.165) is 48.4 Å². The summed E-state index contributed by atoms with van der Waals surface area (Å²) in [5.41, 5.74) is 1.66. The second-order valence-corrected chi connectivity index (χ2v) is 9.68. The van der Waals surface area contributed by atoms with E-state index in [-0.39, 0.29) is 36.7 Å². The maximum atomic E-state index is 13.3. The number of benzene rings is 3. The Balaban J connectivity index is 1.48. The third-order valence-electron chi connectivity index (χ3n) is 6.85. The monoisotopic (exact) mass is 531 g/mol. The average Bonchev–Trinajstić information content (AvgIpc) is 2.91. The van der Waals surface area contributed by atoms with Gasteiger partial charge in [-0.25, -0.2) is 0 Å². The standard InChI is InChI=1S/C29H29ClF3NO3/c30-27-24(29(31,32)33)14-7-15-26(27)37-18-19-8-6-11-21(16-19)22-12-4-5-13-23(22)28(36)34-25(17-35)20-9-2-1-3-10-20/h1-3,6-11,14-16,22-23,25,35H,4-5,12-13,17-18H2,(H,34,36)/t22?,23?,25-/m0/s1. The zero-order chi connectivity index (χ0) is 26.4. The van der Waals surface area contributed by atoms with E-state index in [4.69, 9.17) is 16.3 Å². The van der Waals surface area contributed by atoms with Crippen LogP contribution in [0.25, 0.3) is 0 Å². The Kier molecular flexibility index (Phi) is 8.77. The van der Waals surface area contributed by atoms with Gasteiger partial charge in [-0.2, -0.15) is 13.2 Å². The second kappa shape index (κ2) is 12.0. The molecule has 3 atom stereocenters. The van der Waals surface area contributed by atoms with Crippen molar-refractivity contribution >= 4 is 17.5 Å². The molecule has 0 bridgehead atoms. The van der Waals surface area contributed by atoms with Crippen molar-refractivity contribution in [3.8, 4) is 5.75 Å². The number of alkyl halides is 3. The molecular formula is C29H29ClF3NO3. The molecule has 37 heavy (non-hydrogen) atoms. The highest BCUT2D eigenvalue weighted by Crippen LogP contribution is 2.40. The number of amides is 1. The van der Waals surface area contributed by atoms with Crippen molar-refractivity contribution in [1.82, 2.24) is 5.32 Å². The summed E-state index contributed by atoms with van der Waals surface area (Å²) >= 11 is 5.96. The lowest BCUT2D eigenvalue weighted by atomic mass is 9.74. The molecule has 1 aliphatic rings. The van der Waals surface area contributed by atoms with Gasteiger partial charge >= 0.3 is 6.18 Å². The van der Waals surface area contributed by atoms with Crippen LogP contribution in [0.3, 0.4) is 0 Å². The first-order valence-electron chi connectivity index (χ1n) is 12.3. The third kappa shape index (κ3) is 6.65. The summed E-state index contributed by atoms with van der Waals surface area (Å²) in [7, 11) is 0. The Labute approximate surface area is 219 Å². The fourth-order valence-electron chi connectivity index (χ4n) is 4.96. The lowest BCUT2D eigenvalue weighted by Gasteiger charge is -2.32. The number of carbonyl (C=O) groups excluding carboxylic acids is 1. The van der Waals surface area contributed by atoms with Crippen LogP contribution in [0.5, 0.6) is 5.75 Å². The van der Waals surface area contributed by atoms with E-state index in [0.29, 0.717) is 0 Å². The van der Waals surface area contributed by atoms with Gasteiger partial charge in [0.25, 0.3) is 0 Å². The van der Waals surface area contributed by atoms with Gasteiger partial charge < -0.3 is 15.2 Å². The number of hydrogen-bond acceptors (Lipinski definition) is 3. The highest BCUT2D eigenvalue weighted by Gasteiger charge is 2.35. The van der Waals surface area contributed by atoms with Gasteiger partial charge in [-0.3, -0.25) is 4.79 Å². The van der Waals surface area contributed by atoms with Crippen molar-refractivity contribution in [2.45, 2.75) is 50.4 Å². The van der Waals surface area contributed by atoms with Crippen LogP contribution in [0.4, 0.5) is 13.2 Å². The van der Waals surface area contributed by atoms with E-state index in [1.165, 1.54) is 12.1 Å². The number of rotatable bonds is 8. The van der Waals surface area contributed by atoms with Gasteiger partial charge in [-0.1, -0.05) is 85.1 Å². The summed E-state index contributed by atoms with van der Waals surface area (Å²) in [6.07, 6.45) is -1.04. The van der Waals surface area contributed by atoms with E-state index in [1.807, 2.05) is 54.6 Å². The summed E-state index contributed by atoms with van der Waals surface area (Å²) in [6, 6.07) is 20.1. The van der Waals surface area contributed by atoms with E-state index >= 15 is 0 Å². The molecule has 3 aromatic rings. The Hall–Kier alpha value is -3.03. The molecule has 0 spiro atoms. The van der Waals surface area contributed by atoms with Gasteiger partial charge in [-0.15, -0.1) is 0 Å². The molecule has 0 aliphatic heterocycles. The minimum absolute atomic E-state index is 0.0130. The van der Waals surface area contributed by atoms with Crippen LogP contribution in [0.2, 0.25) is 5.02 Å². The van der Waals surface area contributed by atoms with E-state index < -0.39 is 22.8 Å². The van der Waals surface area contributed by atoms with Crippen LogP contribution in [-0.2, 0) is 17.6 Å². The molecule has 196 valence electrons. The molecule has 4 rings (SSSR count). The fraction of sp³-hybridized carbons (Fsp3) is 0.345. The highest BCUT2D eigenvalue weighted by molar-refractivity contribution is 6.32. The van der Waals surface area contributed by atoms with E-state index in [2.05, 4.69) is 5.32 Å². The summed E-state index contributed by atoms with van der Waals surface area (Å²) in [4.78, 5) is 13.3. The van der Waals surface area contributed by atoms with Crippen LogP contribution in [0.1, 0.15) is 59.9 Å². The van der Waals surface area contributed by atoms with Crippen molar-refractivity contribution in [2.75, 3.05) is 6.61 Å². The zero-order valence-corrected chi connectivity index (χ0v) is 20.9. The second-order valence-electron chi connectivity index (χ2n) is 9.30. The van der Waals surface area contributed by atoms with Crippen LogP contribution in [-0.4, -0.2) is 17.6 Å². The molecule has 0 radical (unpaired) electrons. The fourth-order valence-corrected chi connectivity index (χ4v) is 5.25. The molecule has 0 saturated heterocycles. The number of aliphatic hydroxyl groups excluding tert-OH is 1. The van der Waals surface area contributed by atoms with Gasteiger partial charge in [0, 0.05) is 5.92 Å². The molecule has 2 N–H and O–H groups in total. The zero-order valence-electron chi connectivity index (χ0n) is 20.2. The van der Waals surface area contributed by atoms with Gasteiger partial charge in [0.1, 0.15) is 12.4 Å². The summed E-state index contributed by atoms with van der Waals surface area (Å²) in [6.45, 7) is -0.156. The van der Waals surface area contributed by atoms with Crippen LogP contribution >= 0.6 is 11.6 Å². The number of halogens is 4. The Morgan fingerprint density at radius 3 is 2.49 bits per heavy atom. The number of ether oxygens (including phenoxy) is 1. The molecule has 0 heterocycles. The molecule has 3 aromatic carbocycles. The molecule has 4 nitrogen and oxygen atoms in total. The molecule has 1 fully saturated rings. The lowest BCUT2D eigenvalue weighted by Crippen LogP contribution is -2.39. The van der Waals surface area contributed by atoms with Crippen molar-refractivity contribution in [3.63, 3.8) is 0 Å². The van der Waals surface area contributed by atoms with Crippen LogP contribution in [0, 0.1) is 5.92 Å². The molecule has 0 aromatic heterocycles. The summed E-state index contributed by atoms with van der Waals surface area (Å²) < 4.78 is 45.1. The maximum Gasteiger partial charge on any atom is 0.417 e. The van der Waals surface area contributed by atoms with Crippen LogP contribution < -0.4 is 10.1 Å². The van der Waals surface area contributed by atoms with Crippen molar-refractivity contribution < 1.29 is 27.8 Å². The van der Waals surface area contributed by atoms with Gasteiger partial charge in [0.2, 0.25) is 5.91 Å². The lowest BCUT2D eigenvalue weighted by molar-refractivity contribution is -0.137. The molecule has 1 saturated carbocycles. The molecule has 1 amide bonds. The van der Waals surface area contributed by atoms with E-state index in [9.17, 15) is 23.1 Å². The summed E-state index contributed by atoms with van der Waals surface area (Å²) in [5, 5.41) is 12.4. The maximum absolute atomic E-state index is 13.3. The summed E-state index contributed by atoms with van der Waals surface area (Å²) in [5.74, 6) is -0.390. The van der Waals surface area contributed by atoms with Crippen LogP contribution in [0.15, 0.2) is 72.8 Å². The molecule has 1 aliphatic carbocycles. The van der Waals surface area contributed by atoms with Gasteiger partial charge in [-0.05, 0) is 47.6 Å². The Morgan fingerprint density at radius 1 is 1.03 bits per heavy atom. The first-order valence-corrected chi connectivity index (χ1v) is 12.7. The van der Waals surface area contributed by atoms with Gasteiger partial charge in [0.05, 0.1) is 23.2 Å². The minimum atomic E-state index is -4.57. The molecular weight excluding hydrogens is 503 g/mol. The number of nitrogens with one attached hydrogen (secondary N) is 1. The normalized spacial score (nSPS) is 18.7. The topological polar surface area (TPSA) is 58.6 Å². The number of carbonyl (C=O) groups is 1. The third-order valence-corrected chi connectivity index (χ3v) is 7.24. The minimum Gasteiger partial charge on any atom is -0.487 e. The number of hydrogen-bond donors (Lipinski definition) is 2. The van der Waals surface area contributed by atoms with Crippen molar-refractivity contribution in [3.05, 3.63) is 100 Å². The Bertz CT molecular complexity index is 1200.